The Hall–Kier alpha value is -0.350. The van der Waals surface area contributed by atoms with Crippen LogP contribution in [0, 0.1) is 5.92 Å². The summed E-state index contributed by atoms with van der Waals surface area (Å²) in [4.78, 5) is 2.54. The van der Waals surface area contributed by atoms with Crippen LogP contribution >= 0.6 is 12.2 Å². The molecular formula is C13H27N3S. The fourth-order valence-electron chi connectivity index (χ4n) is 2.08. The van der Waals surface area contributed by atoms with Crippen LogP contribution in [0.4, 0.5) is 0 Å². The largest absolute Gasteiger partial charge is 0.361 e. The lowest BCUT2D eigenvalue weighted by atomic mass is 10.1. The van der Waals surface area contributed by atoms with Crippen LogP contribution in [0.25, 0.3) is 0 Å². The van der Waals surface area contributed by atoms with Crippen molar-refractivity contribution in [1.29, 1.82) is 0 Å². The molecule has 0 aromatic carbocycles. The van der Waals surface area contributed by atoms with Crippen LogP contribution in [0.5, 0.6) is 0 Å². The molecular weight excluding hydrogens is 230 g/mol. The standard InChI is InChI=1S/C13H27N3S/c1-10(2)5-7-16-8-6-12(9-16)15-13(17)14-11(3)4/h10-12H,5-9H2,1-4H3,(H2,14,15,17)/t12-/m0/s1. The van der Waals surface area contributed by atoms with Crippen LogP contribution in [-0.4, -0.2) is 41.7 Å². The summed E-state index contributed by atoms with van der Waals surface area (Å²) >= 11 is 5.27. The molecule has 0 saturated carbocycles. The molecule has 0 bridgehead atoms. The highest BCUT2D eigenvalue weighted by Gasteiger charge is 2.22. The molecule has 1 rings (SSSR count). The van der Waals surface area contributed by atoms with Gasteiger partial charge < -0.3 is 15.5 Å². The number of nitrogens with one attached hydrogen (secondary N) is 2. The number of hydrogen-bond acceptors (Lipinski definition) is 2. The van der Waals surface area contributed by atoms with Crippen molar-refractivity contribution in [2.24, 2.45) is 5.92 Å². The van der Waals surface area contributed by atoms with Crippen LogP contribution in [0.1, 0.15) is 40.5 Å². The van der Waals surface area contributed by atoms with E-state index in [2.05, 4.69) is 43.2 Å². The van der Waals surface area contributed by atoms with E-state index in [4.69, 9.17) is 12.2 Å². The van der Waals surface area contributed by atoms with Gasteiger partial charge in [-0.15, -0.1) is 0 Å². The van der Waals surface area contributed by atoms with Gasteiger partial charge in [-0.2, -0.15) is 0 Å². The monoisotopic (exact) mass is 257 g/mol. The van der Waals surface area contributed by atoms with Gasteiger partial charge in [0.25, 0.3) is 0 Å². The van der Waals surface area contributed by atoms with E-state index in [0.29, 0.717) is 12.1 Å². The topological polar surface area (TPSA) is 27.3 Å². The van der Waals surface area contributed by atoms with E-state index in [9.17, 15) is 0 Å². The van der Waals surface area contributed by atoms with E-state index >= 15 is 0 Å². The molecule has 0 aromatic heterocycles. The average Bonchev–Trinajstić information content (AvgIpc) is 2.61. The summed E-state index contributed by atoms with van der Waals surface area (Å²) in [5.74, 6) is 0.797. The van der Waals surface area contributed by atoms with Crippen LogP contribution < -0.4 is 10.6 Å². The summed E-state index contributed by atoms with van der Waals surface area (Å²) in [5, 5.41) is 7.44. The van der Waals surface area contributed by atoms with Crippen molar-refractivity contribution < 1.29 is 0 Å². The Morgan fingerprint density at radius 3 is 2.65 bits per heavy atom. The lowest BCUT2D eigenvalue weighted by Crippen LogP contribution is -2.45. The Morgan fingerprint density at radius 2 is 2.06 bits per heavy atom. The van der Waals surface area contributed by atoms with Gasteiger partial charge >= 0.3 is 0 Å². The molecule has 0 radical (unpaired) electrons. The van der Waals surface area contributed by atoms with Gasteiger partial charge in [-0.05, 0) is 51.4 Å². The first-order valence-electron chi connectivity index (χ1n) is 6.76. The van der Waals surface area contributed by atoms with Crippen LogP contribution in [0.3, 0.4) is 0 Å². The first-order valence-corrected chi connectivity index (χ1v) is 7.17. The van der Waals surface area contributed by atoms with Gasteiger partial charge in [-0.3, -0.25) is 0 Å². The second-order valence-corrected chi connectivity index (χ2v) is 6.15. The molecule has 1 heterocycles. The summed E-state index contributed by atoms with van der Waals surface area (Å²) in [6.07, 6.45) is 2.50. The third-order valence-corrected chi connectivity index (χ3v) is 3.29. The molecule has 0 amide bonds. The lowest BCUT2D eigenvalue weighted by molar-refractivity contribution is 0.308. The van der Waals surface area contributed by atoms with E-state index in [0.717, 1.165) is 17.6 Å². The SMILES string of the molecule is CC(C)CCN1CC[C@H](NC(=S)NC(C)C)C1. The second kappa shape index (κ2) is 7.17. The highest BCUT2D eigenvalue weighted by Crippen LogP contribution is 2.11. The summed E-state index contributed by atoms with van der Waals surface area (Å²) in [5.41, 5.74) is 0. The average molecular weight is 257 g/mol. The van der Waals surface area contributed by atoms with Crippen molar-refractivity contribution in [3.05, 3.63) is 0 Å². The van der Waals surface area contributed by atoms with Crippen molar-refractivity contribution in [3.8, 4) is 0 Å². The Bertz CT molecular complexity index is 241. The van der Waals surface area contributed by atoms with Crippen molar-refractivity contribution in [3.63, 3.8) is 0 Å². The van der Waals surface area contributed by atoms with Gasteiger partial charge in [0.1, 0.15) is 0 Å². The molecule has 1 aliphatic heterocycles. The predicted octanol–water partition coefficient (Wildman–Crippen LogP) is 1.98. The zero-order valence-electron chi connectivity index (χ0n) is 11.6. The van der Waals surface area contributed by atoms with Crippen molar-refractivity contribution in [2.75, 3.05) is 19.6 Å². The summed E-state index contributed by atoms with van der Waals surface area (Å²) in [6, 6.07) is 0.939. The number of nitrogens with zero attached hydrogens (tertiary/aromatic N) is 1. The lowest BCUT2D eigenvalue weighted by Gasteiger charge is -2.19. The van der Waals surface area contributed by atoms with Gasteiger partial charge in [0.2, 0.25) is 0 Å². The van der Waals surface area contributed by atoms with Gasteiger partial charge in [0.05, 0.1) is 0 Å². The minimum absolute atomic E-state index is 0.411. The van der Waals surface area contributed by atoms with Gasteiger partial charge in [0, 0.05) is 25.2 Å². The third-order valence-electron chi connectivity index (χ3n) is 3.05. The highest BCUT2D eigenvalue weighted by molar-refractivity contribution is 7.80. The van der Waals surface area contributed by atoms with E-state index in [1.54, 1.807) is 0 Å². The Kier molecular flexibility index (Phi) is 6.20. The molecule has 1 fully saturated rings. The second-order valence-electron chi connectivity index (χ2n) is 5.74. The Balaban J connectivity index is 2.19. The van der Waals surface area contributed by atoms with E-state index in [1.807, 2.05) is 0 Å². The van der Waals surface area contributed by atoms with E-state index in [-0.39, 0.29) is 0 Å². The molecule has 0 aromatic rings. The molecule has 2 N–H and O–H groups in total. The normalized spacial score (nSPS) is 21.2. The molecule has 100 valence electrons. The molecule has 0 spiro atoms. The van der Waals surface area contributed by atoms with Crippen molar-refractivity contribution >= 4 is 17.3 Å². The molecule has 1 saturated heterocycles. The highest BCUT2D eigenvalue weighted by atomic mass is 32.1. The molecule has 17 heavy (non-hydrogen) atoms. The Labute approximate surface area is 111 Å². The van der Waals surface area contributed by atoms with Crippen molar-refractivity contribution in [1.82, 2.24) is 15.5 Å². The third kappa shape index (κ3) is 6.22. The summed E-state index contributed by atoms with van der Waals surface area (Å²) in [6.45, 7) is 12.3. The number of hydrogen-bond donors (Lipinski definition) is 2. The fourth-order valence-corrected chi connectivity index (χ4v) is 2.49. The Morgan fingerprint density at radius 1 is 1.35 bits per heavy atom. The molecule has 1 atom stereocenters. The first-order chi connectivity index (χ1) is 7.97. The number of rotatable bonds is 5. The zero-order chi connectivity index (χ0) is 12.8. The molecule has 1 aliphatic rings. The predicted molar refractivity (Wildman–Crippen MR) is 78.3 cm³/mol. The molecule has 0 aliphatic carbocycles. The zero-order valence-corrected chi connectivity index (χ0v) is 12.4. The summed E-state index contributed by atoms with van der Waals surface area (Å²) < 4.78 is 0. The maximum Gasteiger partial charge on any atom is 0.166 e. The van der Waals surface area contributed by atoms with Gasteiger partial charge in [-0.25, -0.2) is 0 Å². The maximum atomic E-state index is 5.27. The van der Waals surface area contributed by atoms with E-state index in [1.165, 1.54) is 25.9 Å². The smallest absolute Gasteiger partial charge is 0.166 e. The summed E-state index contributed by atoms with van der Waals surface area (Å²) in [7, 11) is 0. The maximum absolute atomic E-state index is 5.27. The van der Waals surface area contributed by atoms with Crippen LogP contribution in [0.2, 0.25) is 0 Å². The van der Waals surface area contributed by atoms with Gasteiger partial charge in [-0.1, -0.05) is 13.8 Å². The first kappa shape index (κ1) is 14.7. The quantitative estimate of drug-likeness (QED) is 0.737. The van der Waals surface area contributed by atoms with Crippen LogP contribution in [0.15, 0.2) is 0 Å². The minimum Gasteiger partial charge on any atom is -0.361 e. The van der Waals surface area contributed by atoms with Crippen molar-refractivity contribution in [2.45, 2.75) is 52.6 Å². The van der Waals surface area contributed by atoms with Crippen LogP contribution in [-0.2, 0) is 0 Å². The number of likely N-dealkylation sites (tertiary alicyclic amines) is 1. The number of thiocarbonyl (C=S) groups is 1. The molecule has 3 nitrogen and oxygen atoms in total. The van der Waals surface area contributed by atoms with Gasteiger partial charge in [0.15, 0.2) is 5.11 Å². The fraction of sp³-hybridized carbons (Fsp3) is 0.923. The molecule has 4 heteroatoms. The van der Waals surface area contributed by atoms with E-state index < -0.39 is 0 Å². The minimum atomic E-state index is 0.411. The molecule has 0 unspecified atom stereocenters.